The molecule has 1 aromatic heterocycles. The zero-order valence-corrected chi connectivity index (χ0v) is 76.0. The largest absolute Gasteiger partial charge is 0.469 e. The lowest BCUT2D eigenvalue weighted by Crippen LogP contribution is -2.44. The summed E-state index contributed by atoms with van der Waals surface area (Å²) in [6, 6.07) is 14.8. The lowest BCUT2D eigenvalue weighted by Gasteiger charge is -2.33. The Labute approximate surface area is 695 Å². The zero-order chi connectivity index (χ0) is 84.0. The minimum Gasteiger partial charge on any atom is -0.469 e. The summed E-state index contributed by atoms with van der Waals surface area (Å²) < 4.78 is 9.77. The fourth-order valence-corrected chi connectivity index (χ4v) is 14.8. The van der Waals surface area contributed by atoms with Gasteiger partial charge in [0, 0.05) is 195 Å². The van der Waals surface area contributed by atoms with E-state index >= 15 is 0 Å². The maximum absolute atomic E-state index is 11.5. The number of ether oxygens (including phenoxy) is 2. The first-order valence-electron chi connectivity index (χ1n) is 43.6. The van der Waals surface area contributed by atoms with E-state index in [1.807, 2.05) is 26.5 Å². The Morgan fingerprint density at radius 3 is 1.11 bits per heavy atom. The van der Waals surface area contributed by atoms with Gasteiger partial charge in [0.1, 0.15) is 0 Å². The number of para-hydroxylation sites is 1. The average Bonchev–Trinajstić information content (AvgIpc) is 0.816. The highest BCUT2D eigenvalue weighted by Gasteiger charge is 2.27. The lowest BCUT2D eigenvalue weighted by atomic mass is 9.96. The number of morpholine rings is 1. The highest BCUT2D eigenvalue weighted by Crippen LogP contribution is 2.22. The molecule has 11 aliphatic rings. The number of methoxy groups -OCH3 is 1. The molecule has 2 aromatic rings. The van der Waals surface area contributed by atoms with E-state index < -0.39 is 0 Å². The number of benzene rings is 1. The number of pyridine rings is 1. The van der Waals surface area contributed by atoms with E-state index in [1.54, 1.807) is 18.9 Å². The van der Waals surface area contributed by atoms with Crippen molar-refractivity contribution in [3.8, 4) is 0 Å². The minimum absolute atomic E-state index is 0.0434. The van der Waals surface area contributed by atoms with Gasteiger partial charge < -0.3 is 110 Å². The number of anilines is 2. The summed E-state index contributed by atoms with van der Waals surface area (Å²) in [6.07, 6.45) is 17.5. The molecule has 0 unspecified atom stereocenters. The lowest BCUT2D eigenvalue weighted by molar-refractivity contribution is -0.147. The zero-order valence-electron chi connectivity index (χ0n) is 76.0. The predicted molar refractivity (Wildman–Crippen MR) is 476 cm³/mol. The first-order chi connectivity index (χ1) is 54.6. The molecular formula is C87H171N21O6. The van der Waals surface area contributed by atoms with Gasteiger partial charge in [0.05, 0.1) is 26.2 Å². The van der Waals surface area contributed by atoms with Crippen molar-refractivity contribution in [2.75, 3.05) is 366 Å². The number of hydrogen-bond donors (Lipinski definition) is 4. The molecule has 3 amide bonds. The molecule has 13 rings (SSSR count). The number of nitrogens with one attached hydrogen (secondary N) is 3. The summed E-state index contributed by atoms with van der Waals surface area (Å²) >= 11 is 0. The van der Waals surface area contributed by atoms with Crippen LogP contribution in [-0.2, 0) is 28.7 Å². The molecule has 660 valence electrons. The number of piperidine rings is 6. The molecule has 11 aliphatic heterocycles. The number of carbonyl (C=O) groups excluding carboxylic acids is 4. The number of piperazine rings is 4. The third-order valence-corrected chi connectivity index (χ3v) is 23.7. The molecule has 27 heteroatoms. The first-order valence-corrected chi connectivity index (χ1v) is 43.6. The summed E-state index contributed by atoms with van der Waals surface area (Å²) in [6.45, 7) is 41.2. The number of carbonyl (C=O) groups is 4. The summed E-state index contributed by atoms with van der Waals surface area (Å²) in [7, 11) is 37.0. The number of aromatic nitrogens is 1. The normalized spacial score (nSPS) is 22.0. The Balaban J connectivity index is 0.000000326. The van der Waals surface area contributed by atoms with E-state index in [1.165, 1.54) is 155 Å². The van der Waals surface area contributed by atoms with Crippen molar-refractivity contribution in [2.45, 2.75) is 84.0 Å². The molecule has 11 fully saturated rings. The SMILES string of the molecule is CC(=O)NCC1CCN(C)CC1.CN(C)CC1CCN(C)CC1.CN1CCC(C(=O)N(C)C)CC1.CN1CCC(CN)CC1.CN1CCN(C)CC1.CN1CCN(c2ccccc2)CC1.CN1CCN(c2ccncc2)CC1.CN1CCNCC1.CN1CCOCC1.CNC(=O)C1CCN(C)CC1.COC(=O)C1CCN(C)CC1. The van der Waals surface area contributed by atoms with Gasteiger partial charge in [0.2, 0.25) is 17.7 Å². The third-order valence-electron chi connectivity index (χ3n) is 23.7. The molecule has 27 nitrogen and oxygen atoms in total. The van der Waals surface area contributed by atoms with Gasteiger partial charge in [-0.25, -0.2) is 0 Å². The van der Waals surface area contributed by atoms with Crippen molar-refractivity contribution < 1.29 is 28.7 Å². The number of amides is 3. The Morgan fingerprint density at radius 1 is 0.439 bits per heavy atom. The molecule has 5 N–H and O–H groups in total. The van der Waals surface area contributed by atoms with Gasteiger partial charge in [0.25, 0.3) is 0 Å². The number of nitrogens with zero attached hydrogens (tertiary/aromatic N) is 17. The second kappa shape index (κ2) is 62.4. The number of esters is 1. The van der Waals surface area contributed by atoms with Gasteiger partial charge in [-0.15, -0.1) is 0 Å². The van der Waals surface area contributed by atoms with Crippen molar-refractivity contribution >= 4 is 35.1 Å². The monoisotopic (exact) mass is 1610 g/mol. The van der Waals surface area contributed by atoms with Crippen molar-refractivity contribution in [3.63, 3.8) is 0 Å². The third kappa shape index (κ3) is 49.6. The van der Waals surface area contributed by atoms with Gasteiger partial charge in [-0.3, -0.25) is 24.2 Å². The van der Waals surface area contributed by atoms with Crippen LogP contribution in [0.4, 0.5) is 11.4 Å². The van der Waals surface area contributed by atoms with E-state index in [4.69, 9.17) is 10.5 Å². The van der Waals surface area contributed by atoms with Crippen molar-refractivity contribution in [1.82, 2.24) is 89.5 Å². The molecular weight excluding hydrogens is 1440 g/mol. The molecule has 0 bridgehead atoms. The van der Waals surface area contributed by atoms with Crippen molar-refractivity contribution in [1.29, 1.82) is 0 Å². The molecule has 0 spiro atoms. The van der Waals surface area contributed by atoms with Crippen LogP contribution in [0.25, 0.3) is 0 Å². The number of likely N-dealkylation sites (N-methyl/N-ethyl adjacent to an activating group) is 6. The Kier molecular flexibility index (Phi) is 56.6. The fraction of sp³-hybridized carbons (Fsp3) is 0.828. The predicted octanol–water partition coefficient (Wildman–Crippen LogP) is 4.24. The average molecular weight is 1610 g/mol. The van der Waals surface area contributed by atoms with Crippen LogP contribution in [0, 0.1) is 35.5 Å². The number of rotatable bonds is 10. The topological polar surface area (TPSA) is 214 Å². The Morgan fingerprint density at radius 2 is 0.772 bits per heavy atom. The highest BCUT2D eigenvalue weighted by molar-refractivity contribution is 5.79. The summed E-state index contributed by atoms with van der Waals surface area (Å²) in [5, 5.41) is 8.84. The molecule has 12 heterocycles. The van der Waals surface area contributed by atoms with Crippen LogP contribution in [0.3, 0.4) is 0 Å². The Hall–Kier alpha value is -4.79. The van der Waals surface area contributed by atoms with Crippen LogP contribution in [0.15, 0.2) is 54.9 Å². The van der Waals surface area contributed by atoms with Crippen LogP contribution in [0.5, 0.6) is 0 Å². The number of hydrogen-bond acceptors (Lipinski definition) is 24. The second-order valence-electron chi connectivity index (χ2n) is 34.5. The molecule has 0 atom stereocenters. The van der Waals surface area contributed by atoms with Gasteiger partial charge in [-0.2, -0.15) is 0 Å². The maximum atomic E-state index is 11.5. The quantitative estimate of drug-likeness (QED) is 0.245. The van der Waals surface area contributed by atoms with E-state index in [0.29, 0.717) is 11.8 Å². The van der Waals surface area contributed by atoms with Crippen LogP contribution in [0.1, 0.15) is 84.0 Å². The second-order valence-corrected chi connectivity index (χ2v) is 34.5. The van der Waals surface area contributed by atoms with Crippen LogP contribution in [0.2, 0.25) is 0 Å². The first kappa shape index (κ1) is 103. The summed E-state index contributed by atoms with van der Waals surface area (Å²) in [4.78, 5) is 85.1. The van der Waals surface area contributed by atoms with Gasteiger partial charge in [-0.05, 0) is 303 Å². The van der Waals surface area contributed by atoms with Gasteiger partial charge in [0.15, 0.2) is 0 Å². The highest BCUT2D eigenvalue weighted by atomic mass is 16.5. The number of nitrogens with two attached hydrogens (primary N) is 1. The van der Waals surface area contributed by atoms with Crippen molar-refractivity contribution in [3.05, 3.63) is 54.9 Å². The summed E-state index contributed by atoms with van der Waals surface area (Å²) in [5.74, 6) is 3.68. The fourth-order valence-electron chi connectivity index (χ4n) is 14.8. The van der Waals surface area contributed by atoms with Crippen LogP contribution >= 0.6 is 0 Å². The van der Waals surface area contributed by atoms with Crippen LogP contribution in [-0.4, -0.2) is 453 Å². The smallest absolute Gasteiger partial charge is 0.308 e. The molecule has 0 saturated carbocycles. The molecule has 114 heavy (non-hydrogen) atoms. The molecule has 1 aromatic carbocycles. The van der Waals surface area contributed by atoms with Gasteiger partial charge in [-0.1, -0.05) is 18.2 Å². The summed E-state index contributed by atoms with van der Waals surface area (Å²) in [5.41, 5.74) is 8.18. The molecule has 0 radical (unpaired) electrons. The van der Waals surface area contributed by atoms with E-state index in [9.17, 15) is 19.2 Å². The Bertz CT molecular complexity index is 2520. The minimum atomic E-state index is -0.0434. The number of likely N-dealkylation sites (tertiary alicyclic amines) is 6. The van der Waals surface area contributed by atoms with E-state index in [2.05, 4.69) is 240 Å². The van der Waals surface area contributed by atoms with Crippen LogP contribution < -0.4 is 31.5 Å². The van der Waals surface area contributed by atoms with E-state index in [0.717, 1.165) is 181 Å². The molecule has 0 aliphatic carbocycles. The maximum Gasteiger partial charge on any atom is 0.308 e. The van der Waals surface area contributed by atoms with E-state index in [-0.39, 0.29) is 35.5 Å². The standard InChI is InChI=1S/C11H16N2.C10H15N3.2C9H18N2O.C9H20N2.C8H16N2O.C8H15NO2.C7H16N2.C6H14N2.C5H12N2.C5H11NO/c1-12-7-9-13(10-8-12)11-5-3-2-4-6-11;1-12-6-8-13(9-7-12)10-2-4-11-5-3-10;1-10(2)9(12)8-4-6-11(3)7-5-8;1-8(12)10-7-9-3-5-11(2)6-4-9;1-10(2)8-9-4-6-11(3)7-5-9;1-9-8(11)7-3-5-10(2)6-4-7;1-9-5-3-7(4-6-9)8(10)11-2;1-9-4-2-7(6-8)3-5-9;1-7-3-5-8(2)6-4-7;1-7-4-2-6-3-5-7;1-6-2-4-7-5-3-6/h2-6H,7-10H2,1H3;2-5H,6-9H2,1H3;8H,4-7H2,1-3H3;9H,3-7H2,1-2H3,(H,10,12);9H,4-8H2,1-3H3;7H,3-6H2,1-2H3,(H,9,11);7H,3-6H2,1-2H3;7H,2-6,8H2,1H3;3-6H2,1-2H3;6H,2-5H2,1H3;2-5H2,1H3. The van der Waals surface area contributed by atoms with Crippen molar-refractivity contribution in [2.24, 2.45) is 41.2 Å². The van der Waals surface area contributed by atoms with Gasteiger partial charge >= 0.3 is 5.97 Å². The molecule has 11 saturated heterocycles.